The molecular formula is C15H15N3O4S. The van der Waals surface area contributed by atoms with E-state index < -0.39 is 10.0 Å². The molecule has 23 heavy (non-hydrogen) atoms. The Kier molecular flexibility index (Phi) is 2.91. The number of hydrazine groups is 1. The van der Waals surface area contributed by atoms with Crippen molar-refractivity contribution in [3.63, 3.8) is 0 Å². The predicted octanol–water partition coefficient (Wildman–Crippen LogP) is 0.468. The van der Waals surface area contributed by atoms with Gasteiger partial charge in [-0.05, 0) is 42.5 Å². The molecule has 2 unspecified atom stereocenters. The van der Waals surface area contributed by atoms with E-state index in [0.29, 0.717) is 5.69 Å². The average Bonchev–Trinajstić information content (AvgIpc) is 3.17. The number of carbonyl (C=O) groups is 2. The number of amides is 2. The number of nitrogens with one attached hydrogen (secondary N) is 1. The molecule has 2 bridgehead atoms. The van der Waals surface area contributed by atoms with E-state index in [-0.39, 0.29) is 40.4 Å². The van der Waals surface area contributed by atoms with E-state index in [4.69, 9.17) is 5.14 Å². The van der Waals surface area contributed by atoms with E-state index in [9.17, 15) is 18.0 Å². The number of fused-ring (bicyclic) bond motifs is 5. The third kappa shape index (κ3) is 2.09. The Morgan fingerprint density at radius 3 is 2.00 bits per heavy atom. The molecule has 1 saturated carbocycles. The van der Waals surface area contributed by atoms with E-state index in [1.54, 1.807) is 0 Å². The summed E-state index contributed by atoms with van der Waals surface area (Å²) in [5.41, 5.74) is 3.25. The van der Waals surface area contributed by atoms with Crippen molar-refractivity contribution in [3.05, 3.63) is 36.4 Å². The van der Waals surface area contributed by atoms with Crippen LogP contribution in [0.3, 0.4) is 0 Å². The lowest BCUT2D eigenvalue weighted by Crippen LogP contribution is -2.37. The normalized spacial score (nSPS) is 31.8. The molecule has 8 heteroatoms. The number of hydrogen-bond donors (Lipinski definition) is 2. The smallest absolute Gasteiger partial charge is 0.252 e. The van der Waals surface area contributed by atoms with Gasteiger partial charge in [-0.25, -0.2) is 13.6 Å². The van der Waals surface area contributed by atoms with Crippen molar-refractivity contribution in [2.45, 2.75) is 11.3 Å². The summed E-state index contributed by atoms with van der Waals surface area (Å²) in [6.45, 7) is 0. The Morgan fingerprint density at radius 1 is 1.00 bits per heavy atom. The molecule has 1 heterocycles. The van der Waals surface area contributed by atoms with Crippen molar-refractivity contribution in [1.82, 2.24) is 5.01 Å². The molecule has 2 fully saturated rings. The highest BCUT2D eigenvalue weighted by molar-refractivity contribution is 7.89. The maximum Gasteiger partial charge on any atom is 0.252 e. The Bertz CT molecular complexity index is 801. The number of hydrogen-bond acceptors (Lipinski definition) is 5. The third-order valence-corrected chi connectivity index (χ3v) is 5.82. The van der Waals surface area contributed by atoms with E-state index in [0.717, 1.165) is 11.4 Å². The first-order valence-electron chi connectivity index (χ1n) is 7.32. The maximum absolute atomic E-state index is 12.5. The summed E-state index contributed by atoms with van der Waals surface area (Å²) in [5.74, 6) is -0.668. The van der Waals surface area contributed by atoms with Crippen LogP contribution in [0, 0.1) is 23.7 Å². The van der Waals surface area contributed by atoms with Gasteiger partial charge in [0.2, 0.25) is 10.0 Å². The zero-order chi connectivity index (χ0) is 16.4. The van der Waals surface area contributed by atoms with Crippen molar-refractivity contribution in [2.24, 2.45) is 28.8 Å². The van der Waals surface area contributed by atoms with Gasteiger partial charge in [-0.2, -0.15) is 5.01 Å². The van der Waals surface area contributed by atoms with Crippen LogP contribution >= 0.6 is 0 Å². The van der Waals surface area contributed by atoms with Crippen LogP contribution in [0.1, 0.15) is 6.42 Å². The third-order valence-electron chi connectivity index (χ3n) is 4.89. The molecule has 3 aliphatic rings. The topological polar surface area (TPSA) is 110 Å². The number of carbonyl (C=O) groups excluding carboxylic acids is 2. The molecule has 3 N–H and O–H groups in total. The number of imide groups is 1. The van der Waals surface area contributed by atoms with Crippen LogP contribution in [0.4, 0.5) is 5.69 Å². The highest BCUT2D eigenvalue weighted by Gasteiger charge is 2.59. The number of allylic oxidation sites excluding steroid dienone is 2. The Hall–Kier alpha value is -2.19. The molecule has 4 rings (SSSR count). The molecule has 120 valence electrons. The van der Waals surface area contributed by atoms with Gasteiger partial charge in [-0.15, -0.1) is 0 Å². The Labute approximate surface area is 133 Å². The second kappa shape index (κ2) is 4.65. The molecule has 1 saturated heterocycles. The Balaban J connectivity index is 1.56. The average molecular weight is 333 g/mol. The van der Waals surface area contributed by atoms with Gasteiger partial charge in [0.1, 0.15) is 0 Å². The van der Waals surface area contributed by atoms with Gasteiger partial charge < -0.3 is 0 Å². The number of nitrogens with zero attached hydrogens (tertiary/aromatic N) is 1. The molecule has 7 nitrogen and oxygen atoms in total. The molecule has 2 aliphatic carbocycles. The standard InChI is InChI=1S/C15H15N3O4S/c16-23(21,22)11-5-3-10(4-6-11)17-18-14(19)12-8-1-2-9(7-8)13(12)15(18)20/h1-6,8-9,12-13,17H,7H2,(H2,16,21,22)/t8?,9?,12-,13+. The van der Waals surface area contributed by atoms with Gasteiger partial charge in [-0.3, -0.25) is 15.0 Å². The fourth-order valence-electron chi connectivity index (χ4n) is 3.86. The summed E-state index contributed by atoms with van der Waals surface area (Å²) in [7, 11) is -3.77. The molecule has 0 spiro atoms. The van der Waals surface area contributed by atoms with Crippen LogP contribution < -0.4 is 10.6 Å². The molecule has 0 radical (unpaired) electrons. The number of benzene rings is 1. The first-order valence-corrected chi connectivity index (χ1v) is 8.86. The highest BCUT2D eigenvalue weighted by Crippen LogP contribution is 2.52. The maximum atomic E-state index is 12.5. The molecule has 1 aliphatic heterocycles. The van der Waals surface area contributed by atoms with Crippen molar-refractivity contribution in [3.8, 4) is 0 Å². The zero-order valence-corrected chi connectivity index (χ0v) is 12.9. The molecule has 1 aromatic carbocycles. The van der Waals surface area contributed by atoms with Crippen molar-refractivity contribution < 1.29 is 18.0 Å². The van der Waals surface area contributed by atoms with Gasteiger partial charge in [0.25, 0.3) is 11.8 Å². The summed E-state index contributed by atoms with van der Waals surface area (Å²) in [6, 6.07) is 5.60. The summed E-state index contributed by atoms with van der Waals surface area (Å²) in [6.07, 6.45) is 4.94. The van der Waals surface area contributed by atoms with Crippen LogP contribution in [-0.4, -0.2) is 25.2 Å². The van der Waals surface area contributed by atoms with Crippen molar-refractivity contribution in [1.29, 1.82) is 0 Å². The van der Waals surface area contributed by atoms with Crippen molar-refractivity contribution >= 4 is 27.5 Å². The quantitative estimate of drug-likeness (QED) is 0.617. The fraction of sp³-hybridized carbons (Fsp3) is 0.333. The first-order chi connectivity index (χ1) is 10.9. The van der Waals surface area contributed by atoms with E-state index in [2.05, 4.69) is 5.43 Å². The van der Waals surface area contributed by atoms with Crippen molar-refractivity contribution in [2.75, 3.05) is 5.43 Å². The predicted molar refractivity (Wildman–Crippen MR) is 81.0 cm³/mol. The fourth-order valence-corrected chi connectivity index (χ4v) is 4.38. The number of anilines is 1. The number of nitrogens with two attached hydrogens (primary N) is 1. The van der Waals surface area contributed by atoms with Crippen LogP contribution in [0.5, 0.6) is 0 Å². The van der Waals surface area contributed by atoms with E-state index in [1.807, 2.05) is 12.2 Å². The molecule has 2 amide bonds. The number of primary sulfonamides is 1. The van der Waals surface area contributed by atoms with Gasteiger partial charge in [-0.1, -0.05) is 12.2 Å². The lowest BCUT2D eigenvalue weighted by Gasteiger charge is -2.19. The first kappa shape index (κ1) is 14.4. The lowest BCUT2D eigenvalue weighted by molar-refractivity contribution is -0.139. The molecule has 0 aromatic heterocycles. The second-order valence-corrected chi connectivity index (χ2v) is 7.75. The summed E-state index contributed by atoms with van der Waals surface area (Å²) in [4.78, 5) is 25.0. The van der Waals surface area contributed by atoms with E-state index >= 15 is 0 Å². The van der Waals surface area contributed by atoms with Gasteiger partial charge in [0, 0.05) is 0 Å². The highest BCUT2D eigenvalue weighted by atomic mass is 32.2. The van der Waals surface area contributed by atoms with Crippen LogP contribution in [-0.2, 0) is 19.6 Å². The largest absolute Gasteiger partial charge is 0.289 e. The number of sulfonamides is 1. The minimum absolute atomic E-state index is 0.0266. The molecule has 1 aromatic rings. The zero-order valence-electron chi connectivity index (χ0n) is 12.0. The summed E-state index contributed by atoms with van der Waals surface area (Å²) >= 11 is 0. The van der Waals surface area contributed by atoms with E-state index in [1.165, 1.54) is 24.3 Å². The monoisotopic (exact) mass is 333 g/mol. The van der Waals surface area contributed by atoms with Gasteiger partial charge in [0.15, 0.2) is 0 Å². The summed E-state index contributed by atoms with van der Waals surface area (Å²) < 4.78 is 22.5. The van der Waals surface area contributed by atoms with Crippen LogP contribution in [0.15, 0.2) is 41.3 Å². The number of rotatable bonds is 3. The SMILES string of the molecule is NS(=O)(=O)c1ccc(NN2C(=O)[C@@H]3C4C=CC(C4)[C@@H]3C2=O)cc1. The van der Waals surface area contributed by atoms with Gasteiger partial charge >= 0.3 is 0 Å². The second-order valence-electron chi connectivity index (χ2n) is 6.19. The summed E-state index contributed by atoms with van der Waals surface area (Å²) in [5, 5.41) is 6.10. The molecule has 4 atom stereocenters. The van der Waals surface area contributed by atoms with Gasteiger partial charge in [0.05, 0.1) is 22.4 Å². The Morgan fingerprint density at radius 2 is 1.52 bits per heavy atom. The lowest BCUT2D eigenvalue weighted by atomic mass is 9.85. The minimum Gasteiger partial charge on any atom is -0.289 e. The minimum atomic E-state index is -3.77. The molecular weight excluding hydrogens is 318 g/mol. The van der Waals surface area contributed by atoms with Crippen LogP contribution in [0.2, 0.25) is 0 Å². The van der Waals surface area contributed by atoms with Crippen LogP contribution in [0.25, 0.3) is 0 Å².